The predicted molar refractivity (Wildman–Crippen MR) is 117 cm³/mol. The fraction of sp³-hybridized carbons (Fsp3) is 0.100. The number of nitrogens with one attached hydrogen (secondary N) is 2. The molecule has 11 heteroatoms. The summed E-state index contributed by atoms with van der Waals surface area (Å²) < 4.78 is 55.4. The monoisotopic (exact) mass is 461 g/mol. The average molecular weight is 462 g/mol. The molecule has 162 valence electrons. The lowest BCUT2D eigenvalue weighted by Gasteiger charge is -2.13. The lowest BCUT2D eigenvalue weighted by molar-refractivity contribution is -0.385. The van der Waals surface area contributed by atoms with Crippen LogP contribution in [0.4, 0.5) is 17.1 Å². The van der Waals surface area contributed by atoms with Crippen molar-refractivity contribution in [3.05, 3.63) is 88.0 Å². The van der Waals surface area contributed by atoms with Gasteiger partial charge in [-0.25, -0.2) is 16.8 Å². The van der Waals surface area contributed by atoms with Gasteiger partial charge in [0.15, 0.2) is 0 Å². The van der Waals surface area contributed by atoms with Gasteiger partial charge in [-0.05, 0) is 61.4 Å². The fourth-order valence-electron chi connectivity index (χ4n) is 2.83. The van der Waals surface area contributed by atoms with Crippen LogP contribution >= 0.6 is 0 Å². The fourth-order valence-corrected chi connectivity index (χ4v) is 5.28. The van der Waals surface area contributed by atoms with Crippen LogP contribution in [0.2, 0.25) is 0 Å². The molecule has 0 bridgehead atoms. The Labute approximate surface area is 180 Å². The van der Waals surface area contributed by atoms with Crippen LogP contribution in [0, 0.1) is 24.0 Å². The molecule has 0 saturated carbocycles. The molecular weight excluding hydrogens is 442 g/mol. The lowest BCUT2D eigenvalue weighted by Crippen LogP contribution is -2.16. The number of aryl methyl sites for hydroxylation is 1. The van der Waals surface area contributed by atoms with E-state index in [0.717, 1.165) is 6.07 Å². The molecule has 0 fully saturated rings. The number of anilines is 2. The maximum Gasteiger partial charge on any atom is 0.271 e. The van der Waals surface area contributed by atoms with Crippen LogP contribution in [0.25, 0.3) is 0 Å². The first-order valence-corrected chi connectivity index (χ1v) is 11.9. The largest absolute Gasteiger partial charge is 0.280 e. The van der Waals surface area contributed by atoms with E-state index in [4.69, 9.17) is 0 Å². The van der Waals surface area contributed by atoms with Gasteiger partial charge in [0.05, 0.1) is 14.7 Å². The Balaban J connectivity index is 1.86. The molecule has 0 aliphatic carbocycles. The number of non-ortho nitro benzene ring substituents is 1. The summed E-state index contributed by atoms with van der Waals surface area (Å²) in [7, 11) is -7.99. The maximum atomic E-state index is 12.8. The van der Waals surface area contributed by atoms with Crippen LogP contribution in [0.1, 0.15) is 11.1 Å². The Hall–Kier alpha value is -3.44. The van der Waals surface area contributed by atoms with Crippen molar-refractivity contribution in [1.29, 1.82) is 0 Å². The van der Waals surface area contributed by atoms with E-state index >= 15 is 0 Å². The zero-order valence-corrected chi connectivity index (χ0v) is 18.2. The van der Waals surface area contributed by atoms with E-state index in [9.17, 15) is 26.9 Å². The Morgan fingerprint density at radius 1 is 0.774 bits per heavy atom. The highest BCUT2D eigenvalue weighted by molar-refractivity contribution is 7.93. The predicted octanol–water partition coefficient (Wildman–Crippen LogP) is 3.81. The molecule has 0 aliphatic rings. The highest BCUT2D eigenvalue weighted by Gasteiger charge is 2.23. The zero-order chi connectivity index (χ0) is 22.8. The molecule has 0 amide bonds. The number of sulfonamides is 2. The number of nitro groups is 1. The van der Waals surface area contributed by atoms with Gasteiger partial charge in [-0.3, -0.25) is 19.6 Å². The summed E-state index contributed by atoms with van der Waals surface area (Å²) in [5, 5.41) is 11.1. The quantitative estimate of drug-likeness (QED) is 0.406. The Bertz CT molecular complexity index is 1340. The van der Waals surface area contributed by atoms with Crippen LogP contribution in [0.3, 0.4) is 0 Å². The molecule has 2 N–H and O–H groups in total. The summed E-state index contributed by atoms with van der Waals surface area (Å²) in [5.74, 6) is 0. The summed E-state index contributed by atoms with van der Waals surface area (Å²) in [4.78, 5) is 10.2. The van der Waals surface area contributed by atoms with Crippen molar-refractivity contribution >= 4 is 37.1 Å². The van der Waals surface area contributed by atoms with Gasteiger partial charge >= 0.3 is 0 Å². The van der Waals surface area contributed by atoms with Crippen LogP contribution in [0.15, 0.2) is 76.5 Å². The zero-order valence-electron chi connectivity index (χ0n) is 16.6. The SMILES string of the molecule is Cc1cc([N+](=O)[O-])cc(S(=O)(=O)Nc2ccc(S(=O)(=O)Nc3ccccc3)cc2)c1C. The lowest BCUT2D eigenvalue weighted by atomic mass is 10.1. The molecule has 3 rings (SSSR count). The van der Waals surface area contributed by atoms with Crippen LogP contribution < -0.4 is 9.44 Å². The van der Waals surface area contributed by atoms with Gasteiger partial charge in [0.2, 0.25) is 0 Å². The minimum absolute atomic E-state index is 0.0540. The molecule has 0 saturated heterocycles. The third-order valence-corrected chi connectivity index (χ3v) is 7.45. The van der Waals surface area contributed by atoms with E-state index in [0.29, 0.717) is 16.8 Å². The summed E-state index contributed by atoms with van der Waals surface area (Å²) in [6, 6.07) is 15.7. The van der Waals surface area contributed by atoms with E-state index in [-0.39, 0.29) is 21.2 Å². The normalized spacial score (nSPS) is 11.7. The Morgan fingerprint density at radius 2 is 1.32 bits per heavy atom. The minimum atomic E-state index is -4.14. The smallest absolute Gasteiger partial charge is 0.271 e. The van der Waals surface area contributed by atoms with Crippen molar-refractivity contribution in [2.75, 3.05) is 9.44 Å². The number of hydrogen-bond donors (Lipinski definition) is 2. The Morgan fingerprint density at radius 3 is 1.90 bits per heavy atom. The summed E-state index contributed by atoms with van der Waals surface area (Å²) in [6.07, 6.45) is 0. The van der Waals surface area contributed by atoms with Gasteiger partial charge in [-0.2, -0.15) is 0 Å². The number of para-hydroxylation sites is 1. The topological polar surface area (TPSA) is 135 Å². The molecular formula is C20H19N3O6S2. The summed E-state index contributed by atoms with van der Waals surface area (Å²) in [6.45, 7) is 3.14. The van der Waals surface area contributed by atoms with Crippen molar-refractivity contribution in [2.24, 2.45) is 0 Å². The maximum absolute atomic E-state index is 12.8. The van der Waals surface area contributed by atoms with Crippen LogP contribution in [-0.2, 0) is 20.0 Å². The van der Waals surface area contributed by atoms with Crippen LogP contribution in [-0.4, -0.2) is 21.8 Å². The molecule has 0 unspecified atom stereocenters. The van der Waals surface area contributed by atoms with Crippen molar-refractivity contribution in [3.8, 4) is 0 Å². The van der Waals surface area contributed by atoms with Gasteiger partial charge in [0.25, 0.3) is 25.7 Å². The van der Waals surface area contributed by atoms with Crippen molar-refractivity contribution in [3.63, 3.8) is 0 Å². The number of nitrogens with zero attached hydrogens (tertiary/aromatic N) is 1. The molecule has 3 aromatic rings. The average Bonchev–Trinajstić information content (AvgIpc) is 2.70. The second-order valence-electron chi connectivity index (χ2n) is 6.74. The molecule has 0 spiro atoms. The second-order valence-corrected chi connectivity index (χ2v) is 10.1. The minimum Gasteiger partial charge on any atom is -0.280 e. The van der Waals surface area contributed by atoms with Gasteiger partial charge in [0, 0.05) is 23.5 Å². The first-order chi connectivity index (χ1) is 14.5. The molecule has 9 nitrogen and oxygen atoms in total. The van der Waals surface area contributed by atoms with Crippen molar-refractivity contribution < 1.29 is 21.8 Å². The highest BCUT2D eigenvalue weighted by Crippen LogP contribution is 2.27. The molecule has 0 atom stereocenters. The molecule has 0 radical (unpaired) electrons. The second kappa shape index (κ2) is 8.36. The summed E-state index contributed by atoms with van der Waals surface area (Å²) >= 11 is 0. The molecule has 3 aromatic carbocycles. The molecule has 0 aromatic heterocycles. The molecule has 31 heavy (non-hydrogen) atoms. The number of rotatable bonds is 7. The van der Waals surface area contributed by atoms with Crippen molar-refractivity contribution in [2.45, 2.75) is 23.6 Å². The number of benzene rings is 3. The third-order valence-electron chi connectivity index (χ3n) is 4.55. The molecule has 0 aliphatic heterocycles. The van der Waals surface area contributed by atoms with Gasteiger partial charge in [-0.15, -0.1) is 0 Å². The summed E-state index contributed by atoms with van der Waals surface area (Å²) in [5.41, 5.74) is 1.01. The van der Waals surface area contributed by atoms with Gasteiger partial charge < -0.3 is 0 Å². The van der Waals surface area contributed by atoms with Gasteiger partial charge in [-0.1, -0.05) is 18.2 Å². The first kappa shape index (κ1) is 22.2. The van der Waals surface area contributed by atoms with Crippen molar-refractivity contribution in [1.82, 2.24) is 0 Å². The molecule has 0 heterocycles. The third kappa shape index (κ3) is 5.01. The first-order valence-electron chi connectivity index (χ1n) is 8.96. The van der Waals surface area contributed by atoms with E-state index in [2.05, 4.69) is 9.44 Å². The van der Waals surface area contributed by atoms with E-state index in [1.165, 1.54) is 30.3 Å². The number of hydrogen-bond acceptors (Lipinski definition) is 6. The number of nitro benzene ring substituents is 1. The van der Waals surface area contributed by atoms with Crippen LogP contribution in [0.5, 0.6) is 0 Å². The van der Waals surface area contributed by atoms with E-state index < -0.39 is 25.0 Å². The van der Waals surface area contributed by atoms with E-state index in [1.54, 1.807) is 44.2 Å². The Kier molecular flexibility index (Phi) is 6.00. The highest BCUT2D eigenvalue weighted by atomic mass is 32.2. The van der Waals surface area contributed by atoms with E-state index in [1.807, 2.05) is 0 Å². The standard InChI is InChI=1S/C20H19N3O6S2/c1-14-12-18(23(24)25)13-20(15(14)2)31(28,29)22-17-8-10-19(11-9-17)30(26,27)21-16-6-4-3-5-7-16/h3-13,21-22H,1-2H3. The van der Waals surface area contributed by atoms with Gasteiger partial charge in [0.1, 0.15) is 0 Å².